The van der Waals surface area contributed by atoms with E-state index in [0.717, 1.165) is 5.56 Å². The fourth-order valence-corrected chi connectivity index (χ4v) is 2.04. The Labute approximate surface area is 144 Å². The van der Waals surface area contributed by atoms with Gasteiger partial charge in [-0.3, -0.25) is 20.4 Å². The van der Waals surface area contributed by atoms with Crippen molar-refractivity contribution in [3.63, 3.8) is 0 Å². The number of carbonyl (C=O) groups is 2. The summed E-state index contributed by atoms with van der Waals surface area (Å²) in [6, 6.07) is 10.9. The Morgan fingerprint density at radius 3 is 2.36 bits per heavy atom. The summed E-state index contributed by atoms with van der Waals surface area (Å²) in [6.45, 7) is 1.63. The third-order valence-electron chi connectivity index (χ3n) is 3.30. The van der Waals surface area contributed by atoms with Crippen LogP contribution < -0.4 is 20.3 Å². The molecule has 0 saturated carbocycles. The fraction of sp³-hybridized carbons (Fsp3) is 0.222. The molecule has 0 bridgehead atoms. The predicted molar refractivity (Wildman–Crippen MR) is 89.6 cm³/mol. The van der Waals surface area contributed by atoms with E-state index in [-0.39, 0.29) is 18.8 Å². The Morgan fingerprint density at radius 1 is 1.00 bits per heavy atom. The average Bonchev–Trinajstić information content (AvgIpc) is 2.60. The van der Waals surface area contributed by atoms with Gasteiger partial charge in [0.2, 0.25) is 5.91 Å². The molecular formula is C18H19FN2O4. The Balaban J connectivity index is 1.77. The second-order valence-corrected chi connectivity index (χ2v) is 5.34. The smallest absolute Gasteiger partial charge is 0.276 e. The van der Waals surface area contributed by atoms with Gasteiger partial charge in [-0.25, -0.2) is 4.39 Å². The molecule has 0 spiro atoms. The first-order chi connectivity index (χ1) is 12.0. The van der Waals surface area contributed by atoms with E-state index in [0.29, 0.717) is 17.1 Å². The van der Waals surface area contributed by atoms with E-state index in [9.17, 15) is 14.0 Å². The molecule has 25 heavy (non-hydrogen) atoms. The zero-order valence-electron chi connectivity index (χ0n) is 14.0. The van der Waals surface area contributed by atoms with E-state index in [1.54, 1.807) is 12.1 Å². The first-order valence-corrected chi connectivity index (χ1v) is 7.57. The zero-order valence-corrected chi connectivity index (χ0v) is 14.0. The van der Waals surface area contributed by atoms with Crippen molar-refractivity contribution >= 4 is 11.8 Å². The summed E-state index contributed by atoms with van der Waals surface area (Å²) in [6.07, 6.45) is 0.0210. The quantitative estimate of drug-likeness (QED) is 0.784. The topological polar surface area (TPSA) is 76.7 Å². The van der Waals surface area contributed by atoms with E-state index in [1.807, 2.05) is 13.0 Å². The summed E-state index contributed by atoms with van der Waals surface area (Å²) in [5, 5.41) is 0. The summed E-state index contributed by atoms with van der Waals surface area (Å²) in [4.78, 5) is 23.5. The van der Waals surface area contributed by atoms with Crippen LogP contribution in [-0.4, -0.2) is 25.5 Å². The molecule has 6 nitrogen and oxygen atoms in total. The van der Waals surface area contributed by atoms with Crippen molar-refractivity contribution in [3.8, 4) is 11.5 Å². The number of methoxy groups -OCH3 is 1. The van der Waals surface area contributed by atoms with Gasteiger partial charge in [0, 0.05) is 0 Å². The third kappa shape index (κ3) is 5.80. The summed E-state index contributed by atoms with van der Waals surface area (Å²) in [5.74, 6) is -0.363. The minimum Gasteiger partial charge on any atom is -0.493 e. The number of ether oxygens (including phenoxy) is 2. The van der Waals surface area contributed by atoms with E-state index >= 15 is 0 Å². The van der Waals surface area contributed by atoms with Gasteiger partial charge in [-0.2, -0.15) is 0 Å². The monoisotopic (exact) mass is 346 g/mol. The Kier molecular flexibility index (Phi) is 6.33. The van der Waals surface area contributed by atoms with Crippen LogP contribution in [0.15, 0.2) is 42.5 Å². The van der Waals surface area contributed by atoms with Gasteiger partial charge in [0.15, 0.2) is 18.1 Å². The molecule has 132 valence electrons. The molecule has 0 saturated heterocycles. The number of hydrazine groups is 1. The molecule has 0 aromatic heterocycles. The molecule has 2 aromatic rings. The predicted octanol–water partition coefficient (Wildman–Crippen LogP) is 1.91. The lowest BCUT2D eigenvalue weighted by Gasteiger charge is -2.12. The minimum absolute atomic E-state index is 0.0210. The van der Waals surface area contributed by atoms with Crippen LogP contribution >= 0.6 is 0 Å². The minimum atomic E-state index is -0.518. The number of amides is 2. The largest absolute Gasteiger partial charge is 0.493 e. The van der Waals surface area contributed by atoms with Crippen LogP contribution in [0, 0.1) is 12.7 Å². The molecule has 2 rings (SSSR count). The van der Waals surface area contributed by atoms with Crippen molar-refractivity contribution in [3.05, 3.63) is 59.4 Å². The van der Waals surface area contributed by atoms with Crippen LogP contribution in [0.3, 0.4) is 0 Å². The Morgan fingerprint density at radius 2 is 1.68 bits per heavy atom. The number of aryl methyl sites for hydroxylation is 1. The molecule has 0 aliphatic heterocycles. The average molecular weight is 346 g/mol. The Bertz CT molecular complexity index is 747. The van der Waals surface area contributed by atoms with Crippen molar-refractivity contribution in [1.82, 2.24) is 10.9 Å². The van der Waals surface area contributed by atoms with Gasteiger partial charge in [0.05, 0.1) is 13.5 Å². The first-order valence-electron chi connectivity index (χ1n) is 7.57. The zero-order chi connectivity index (χ0) is 18.2. The third-order valence-corrected chi connectivity index (χ3v) is 3.30. The normalized spacial score (nSPS) is 10.0. The van der Waals surface area contributed by atoms with Gasteiger partial charge in [-0.1, -0.05) is 18.2 Å². The van der Waals surface area contributed by atoms with Crippen LogP contribution in [0.1, 0.15) is 11.1 Å². The van der Waals surface area contributed by atoms with Crippen LogP contribution in [0.2, 0.25) is 0 Å². The summed E-state index contributed by atoms with van der Waals surface area (Å²) in [5.41, 5.74) is 6.17. The first kappa shape index (κ1) is 18.3. The summed E-state index contributed by atoms with van der Waals surface area (Å²) >= 11 is 0. The van der Waals surface area contributed by atoms with E-state index in [2.05, 4.69) is 10.9 Å². The van der Waals surface area contributed by atoms with Gasteiger partial charge < -0.3 is 9.47 Å². The molecular weight excluding hydrogens is 327 g/mol. The van der Waals surface area contributed by atoms with E-state index in [4.69, 9.17) is 9.47 Å². The van der Waals surface area contributed by atoms with Gasteiger partial charge >= 0.3 is 0 Å². The van der Waals surface area contributed by atoms with Crippen molar-refractivity contribution in [1.29, 1.82) is 0 Å². The SMILES string of the molecule is COc1cc(C)ccc1OCC(=O)NNC(=O)Cc1ccc(F)cc1. The number of halogens is 1. The number of carbonyl (C=O) groups excluding carboxylic acids is 2. The van der Waals surface area contributed by atoms with Gasteiger partial charge in [0.25, 0.3) is 5.91 Å². The highest BCUT2D eigenvalue weighted by Crippen LogP contribution is 2.27. The molecule has 0 heterocycles. The summed E-state index contributed by atoms with van der Waals surface area (Å²) < 4.78 is 23.4. The fourth-order valence-electron chi connectivity index (χ4n) is 2.04. The number of hydrogen-bond acceptors (Lipinski definition) is 4. The molecule has 0 aliphatic carbocycles. The maximum Gasteiger partial charge on any atom is 0.276 e. The molecule has 2 amide bonds. The highest BCUT2D eigenvalue weighted by molar-refractivity contribution is 5.83. The molecule has 0 unspecified atom stereocenters. The maximum atomic E-state index is 12.8. The number of rotatable bonds is 6. The van der Waals surface area contributed by atoms with Crippen LogP contribution in [0.5, 0.6) is 11.5 Å². The van der Waals surface area contributed by atoms with Gasteiger partial charge in [-0.15, -0.1) is 0 Å². The molecule has 0 fully saturated rings. The number of benzene rings is 2. The second kappa shape index (κ2) is 8.68. The van der Waals surface area contributed by atoms with E-state index in [1.165, 1.54) is 31.4 Å². The lowest BCUT2D eigenvalue weighted by atomic mass is 10.1. The van der Waals surface area contributed by atoms with E-state index < -0.39 is 11.8 Å². The van der Waals surface area contributed by atoms with Crippen molar-refractivity contribution in [2.24, 2.45) is 0 Å². The Hall–Kier alpha value is -3.09. The highest BCUT2D eigenvalue weighted by Gasteiger charge is 2.09. The number of hydrogen-bond donors (Lipinski definition) is 2. The summed E-state index contributed by atoms with van der Waals surface area (Å²) in [7, 11) is 1.51. The van der Waals surface area contributed by atoms with Gasteiger partial charge in [0.1, 0.15) is 5.82 Å². The molecule has 0 aliphatic rings. The number of nitrogens with one attached hydrogen (secondary N) is 2. The van der Waals surface area contributed by atoms with Crippen LogP contribution in [0.4, 0.5) is 4.39 Å². The second-order valence-electron chi connectivity index (χ2n) is 5.34. The molecule has 2 N–H and O–H groups in total. The lowest BCUT2D eigenvalue weighted by molar-refractivity contribution is -0.129. The lowest BCUT2D eigenvalue weighted by Crippen LogP contribution is -2.44. The van der Waals surface area contributed by atoms with Crippen molar-refractivity contribution in [2.75, 3.05) is 13.7 Å². The highest BCUT2D eigenvalue weighted by atomic mass is 19.1. The molecule has 0 atom stereocenters. The standard InChI is InChI=1S/C18H19FN2O4/c1-12-3-8-15(16(9-12)24-2)25-11-18(23)21-20-17(22)10-13-4-6-14(19)7-5-13/h3-9H,10-11H2,1-2H3,(H,20,22)(H,21,23). The molecule has 0 radical (unpaired) electrons. The van der Waals surface area contributed by atoms with Crippen LogP contribution in [-0.2, 0) is 16.0 Å². The maximum absolute atomic E-state index is 12.8. The van der Waals surface area contributed by atoms with Crippen molar-refractivity contribution < 1.29 is 23.5 Å². The van der Waals surface area contributed by atoms with Crippen molar-refractivity contribution in [2.45, 2.75) is 13.3 Å². The van der Waals surface area contributed by atoms with Gasteiger partial charge in [-0.05, 0) is 42.3 Å². The molecule has 7 heteroatoms. The molecule has 2 aromatic carbocycles. The van der Waals surface area contributed by atoms with Crippen LogP contribution in [0.25, 0.3) is 0 Å².